The lowest BCUT2D eigenvalue weighted by molar-refractivity contribution is 0.0673. The fourth-order valence-corrected chi connectivity index (χ4v) is 4.08. The van der Waals surface area contributed by atoms with Gasteiger partial charge in [0, 0.05) is 17.6 Å². The number of benzene rings is 2. The third-order valence-corrected chi connectivity index (χ3v) is 5.75. The number of amides is 1. The van der Waals surface area contributed by atoms with Crippen molar-refractivity contribution in [1.29, 1.82) is 0 Å². The minimum Gasteiger partial charge on any atom is -0.497 e. The predicted octanol–water partition coefficient (Wildman–Crippen LogP) is 4.64. The Bertz CT molecular complexity index is 1050. The molecule has 1 fully saturated rings. The van der Waals surface area contributed by atoms with E-state index in [4.69, 9.17) is 18.9 Å². The highest BCUT2D eigenvalue weighted by Crippen LogP contribution is 2.35. The van der Waals surface area contributed by atoms with Crippen molar-refractivity contribution in [3.8, 4) is 28.5 Å². The summed E-state index contributed by atoms with van der Waals surface area (Å²) in [7, 11) is 3.21. The van der Waals surface area contributed by atoms with Gasteiger partial charge in [0.05, 0.1) is 31.6 Å². The van der Waals surface area contributed by atoms with Crippen molar-refractivity contribution >= 4 is 22.4 Å². The third-order valence-electron chi connectivity index (χ3n) is 4.99. The van der Waals surface area contributed by atoms with Crippen LogP contribution in [-0.2, 0) is 4.74 Å². The van der Waals surface area contributed by atoms with Crippen LogP contribution in [0.3, 0.4) is 0 Å². The number of hydrogen-bond donors (Lipinski definition) is 1. The second kappa shape index (κ2) is 9.80. The minimum absolute atomic E-state index is 0.0792. The van der Waals surface area contributed by atoms with Crippen LogP contribution in [0.2, 0.25) is 0 Å². The zero-order valence-electron chi connectivity index (χ0n) is 17.4. The van der Waals surface area contributed by atoms with E-state index in [1.54, 1.807) is 26.4 Å². The molecular weight excluding hydrogens is 416 g/mol. The zero-order chi connectivity index (χ0) is 21.6. The van der Waals surface area contributed by atoms with Gasteiger partial charge in [-0.3, -0.25) is 10.1 Å². The monoisotopic (exact) mass is 440 g/mol. The molecule has 8 heteroatoms. The van der Waals surface area contributed by atoms with Gasteiger partial charge in [0.25, 0.3) is 5.91 Å². The normalized spacial score (nSPS) is 15.5. The van der Waals surface area contributed by atoms with E-state index in [1.165, 1.54) is 11.3 Å². The largest absolute Gasteiger partial charge is 0.497 e. The lowest BCUT2D eigenvalue weighted by atomic mass is 10.1. The first kappa shape index (κ1) is 21.1. The van der Waals surface area contributed by atoms with Crippen LogP contribution in [-0.4, -0.2) is 44.4 Å². The number of rotatable bonds is 8. The summed E-state index contributed by atoms with van der Waals surface area (Å²) in [5, 5.41) is 5.22. The number of carbonyl (C=O) groups is 1. The lowest BCUT2D eigenvalue weighted by Crippen LogP contribution is -2.19. The van der Waals surface area contributed by atoms with E-state index in [0.717, 1.165) is 25.0 Å². The van der Waals surface area contributed by atoms with Gasteiger partial charge < -0.3 is 18.9 Å². The van der Waals surface area contributed by atoms with E-state index in [1.807, 2.05) is 35.7 Å². The molecule has 162 valence electrons. The molecule has 1 saturated heterocycles. The van der Waals surface area contributed by atoms with Crippen LogP contribution in [0.1, 0.15) is 23.2 Å². The quantitative estimate of drug-likeness (QED) is 0.550. The van der Waals surface area contributed by atoms with E-state index in [9.17, 15) is 4.79 Å². The molecule has 0 radical (unpaired) electrons. The summed E-state index contributed by atoms with van der Waals surface area (Å²) in [5.41, 5.74) is 1.94. The summed E-state index contributed by atoms with van der Waals surface area (Å²) in [6.45, 7) is 1.20. The number of thiazole rings is 1. The molecule has 2 aromatic carbocycles. The molecule has 0 bridgehead atoms. The van der Waals surface area contributed by atoms with Gasteiger partial charge in [-0.2, -0.15) is 0 Å². The Balaban J connectivity index is 1.49. The average molecular weight is 441 g/mol. The minimum atomic E-state index is -0.276. The number of methoxy groups -OCH3 is 2. The topological polar surface area (TPSA) is 78.9 Å². The molecular formula is C23H24N2O5S. The lowest BCUT2D eigenvalue weighted by Gasteiger charge is -2.14. The van der Waals surface area contributed by atoms with Crippen molar-refractivity contribution in [3.63, 3.8) is 0 Å². The molecule has 1 aliphatic rings. The fourth-order valence-electron chi connectivity index (χ4n) is 3.37. The van der Waals surface area contributed by atoms with Crippen molar-refractivity contribution in [2.45, 2.75) is 18.9 Å². The highest BCUT2D eigenvalue weighted by atomic mass is 32.1. The Labute approximate surface area is 184 Å². The predicted molar refractivity (Wildman–Crippen MR) is 120 cm³/mol. The van der Waals surface area contributed by atoms with Crippen LogP contribution in [0, 0.1) is 0 Å². The van der Waals surface area contributed by atoms with Gasteiger partial charge >= 0.3 is 0 Å². The number of ether oxygens (including phenoxy) is 4. The number of aromatic nitrogens is 1. The van der Waals surface area contributed by atoms with E-state index >= 15 is 0 Å². The molecule has 1 N–H and O–H groups in total. The fraction of sp³-hybridized carbons (Fsp3) is 0.304. The van der Waals surface area contributed by atoms with Gasteiger partial charge in [0.15, 0.2) is 5.13 Å². The smallest absolute Gasteiger partial charge is 0.261 e. The van der Waals surface area contributed by atoms with Crippen LogP contribution in [0.25, 0.3) is 11.3 Å². The average Bonchev–Trinajstić information content (AvgIpc) is 3.49. The summed E-state index contributed by atoms with van der Waals surface area (Å²) >= 11 is 1.34. The number of para-hydroxylation sites is 1. The molecule has 2 heterocycles. The van der Waals surface area contributed by atoms with Gasteiger partial charge in [-0.1, -0.05) is 12.1 Å². The Hall–Kier alpha value is -3.10. The van der Waals surface area contributed by atoms with Gasteiger partial charge in [-0.15, -0.1) is 11.3 Å². The number of carbonyl (C=O) groups excluding carboxylic acids is 1. The molecule has 1 amide bonds. The van der Waals surface area contributed by atoms with Gasteiger partial charge in [-0.25, -0.2) is 4.98 Å². The molecule has 1 atom stereocenters. The molecule has 0 spiro atoms. The molecule has 1 aliphatic heterocycles. The van der Waals surface area contributed by atoms with Crippen LogP contribution in [0.4, 0.5) is 5.13 Å². The number of nitrogens with one attached hydrogen (secondary N) is 1. The molecule has 3 aromatic rings. The van der Waals surface area contributed by atoms with Gasteiger partial charge in [0.1, 0.15) is 23.9 Å². The maximum absolute atomic E-state index is 12.9. The summed E-state index contributed by atoms with van der Waals surface area (Å²) in [5.74, 6) is 1.63. The summed E-state index contributed by atoms with van der Waals surface area (Å²) in [6, 6.07) is 12.7. The van der Waals surface area contributed by atoms with Gasteiger partial charge in [-0.05, 0) is 43.2 Å². The Morgan fingerprint density at radius 3 is 2.84 bits per heavy atom. The third kappa shape index (κ3) is 4.98. The molecule has 4 rings (SSSR count). The molecule has 0 saturated carbocycles. The van der Waals surface area contributed by atoms with Crippen LogP contribution in [0.5, 0.6) is 17.2 Å². The number of anilines is 1. The van der Waals surface area contributed by atoms with E-state index in [0.29, 0.717) is 40.2 Å². The first-order valence-electron chi connectivity index (χ1n) is 10.0. The number of nitrogens with zero attached hydrogens (tertiary/aromatic N) is 1. The van der Waals surface area contributed by atoms with E-state index in [-0.39, 0.29) is 12.0 Å². The highest BCUT2D eigenvalue weighted by molar-refractivity contribution is 7.14. The molecule has 31 heavy (non-hydrogen) atoms. The zero-order valence-corrected chi connectivity index (χ0v) is 18.2. The number of hydrogen-bond acceptors (Lipinski definition) is 7. The first-order valence-corrected chi connectivity index (χ1v) is 10.9. The Kier molecular flexibility index (Phi) is 6.69. The second-order valence-corrected chi connectivity index (χ2v) is 7.86. The van der Waals surface area contributed by atoms with Crippen molar-refractivity contribution < 1.29 is 23.7 Å². The van der Waals surface area contributed by atoms with E-state index in [2.05, 4.69) is 10.3 Å². The van der Waals surface area contributed by atoms with Crippen molar-refractivity contribution in [2.24, 2.45) is 0 Å². The van der Waals surface area contributed by atoms with Gasteiger partial charge in [0.2, 0.25) is 0 Å². The molecule has 7 nitrogen and oxygen atoms in total. The first-order chi connectivity index (χ1) is 15.2. The molecule has 0 aliphatic carbocycles. The maximum atomic E-state index is 12.9. The van der Waals surface area contributed by atoms with Crippen molar-refractivity contribution in [2.75, 3.05) is 32.8 Å². The van der Waals surface area contributed by atoms with Crippen molar-refractivity contribution in [1.82, 2.24) is 4.98 Å². The van der Waals surface area contributed by atoms with Crippen LogP contribution >= 0.6 is 11.3 Å². The van der Waals surface area contributed by atoms with E-state index < -0.39 is 0 Å². The molecule has 1 aromatic heterocycles. The summed E-state index contributed by atoms with van der Waals surface area (Å²) < 4.78 is 22.2. The van der Waals surface area contributed by atoms with Crippen LogP contribution < -0.4 is 19.5 Å². The Morgan fingerprint density at radius 2 is 2.06 bits per heavy atom. The Morgan fingerprint density at radius 1 is 1.19 bits per heavy atom. The summed E-state index contributed by atoms with van der Waals surface area (Å²) in [4.78, 5) is 17.5. The summed E-state index contributed by atoms with van der Waals surface area (Å²) in [6.07, 6.45) is 2.10. The maximum Gasteiger partial charge on any atom is 0.261 e. The van der Waals surface area contributed by atoms with Crippen LogP contribution in [0.15, 0.2) is 47.8 Å². The molecule has 1 unspecified atom stereocenters. The SMILES string of the molecule is COc1ccc(OC)c(-c2csc(NC(=O)c3ccccc3OCC3CCCO3)n2)c1. The standard InChI is InChI=1S/C23H24N2O5S/c1-27-15-9-10-20(28-2)18(12-15)19-14-31-23(24-19)25-22(26)17-7-3-4-8-21(17)30-13-16-6-5-11-29-16/h3-4,7-10,12,14,16H,5-6,11,13H2,1-2H3,(H,24,25,26). The van der Waals surface area contributed by atoms with Crippen molar-refractivity contribution in [3.05, 3.63) is 53.4 Å². The highest BCUT2D eigenvalue weighted by Gasteiger charge is 2.19. The second-order valence-electron chi connectivity index (χ2n) is 7.00.